The maximum Gasteiger partial charge on any atom is 0.170 e. The van der Waals surface area contributed by atoms with E-state index in [1.807, 2.05) is 19.9 Å². The van der Waals surface area contributed by atoms with Crippen LogP contribution in [0, 0.1) is 13.8 Å². The van der Waals surface area contributed by atoms with Crippen molar-refractivity contribution in [3.8, 4) is 17.2 Å². The molecule has 0 radical (unpaired) electrons. The highest BCUT2D eigenvalue weighted by Gasteiger charge is 2.20. The number of nitrogens with zero attached hydrogens (tertiary/aromatic N) is 1. The smallest absolute Gasteiger partial charge is 0.170 e. The average Bonchev–Trinajstić information content (AvgIpc) is 2.37. The minimum absolute atomic E-state index is 0.693. The fraction of sp³-hybridized carbons (Fsp3) is 0.357. The lowest BCUT2D eigenvalue weighted by molar-refractivity contribution is 0.350. The molecule has 0 saturated heterocycles. The van der Waals surface area contributed by atoms with Gasteiger partial charge in [-0.25, -0.2) is 0 Å². The Hall–Kier alpha value is -1.97. The Morgan fingerprint density at radius 2 is 1.50 bits per heavy atom. The lowest BCUT2D eigenvalue weighted by Gasteiger charge is -2.18. The summed E-state index contributed by atoms with van der Waals surface area (Å²) in [6, 6.07) is 1.93. The molecule has 0 aliphatic carbocycles. The maximum absolute atomic E-state index is 5.49. The van der Waals surface area contributed by atoms with Gasteiger partial charge in [0.25, 0.3) is 0 Å². The Labute approximate surface area is 106 Å². The number of hydrogen-bond donors (Lipinski definition) is 0. The number of rotatable bonds is 3. The molecule has 4 nitrogen and oxygen atoms in total. The molecule has 0 unspecified atom stereocenters. The van der Waals surface area contributed by atoms with Crippen LogP contribution in [0.3, 0.4) is 0 Å². The molecule has 18 heavy (non-hydrogen) atoms. The molecule has 96 valence electrons. The van der Waals surface area contributed by atoms with Gasteiger partial charge in [-0.1, -0.05) is 0 Å². The second kappa shape index (κ2) is 4.72. The molecule has 1 heterocycles. The zero-order valence-corrected chi connectivity index (χ0v) is 11.3. The number of aryl methyl sites for hydroxylation is 1. The van der Waals surface area contributed by atoms with Gasteiger partial charge in [-0.3, -0.25) is 4.98 Å². The largest absolute Gasteiger partial charge is 0.496 e. The fourth-order valence-electron chi connectivity index (χ4n) is 2.33. The summed E-state index contributed by atoms with van der Waals surface area (Å²) in [4.78, 5) is 4.31. The molecule has 0 saturated carbocycles. The number of aromatic nitrogens is 1. The van der Waals surface area contributed by atoms with E-state index in [-0.39, 0.29) is 0 Å². The van der Waals surface area contributed by atoms with Crippen molar-refractivity contribution in [2.45, 2.75) is 13.8 Å². The SMILES string of the molecule is COc1c(C)c(OC)c2ccnc(C)c2c1OC. The van der Waals surface area contributed by atoms with Crippen LogP contribution < -0.4 is 14.2 Å². The highest BCUT2D eigenvalue weighted by Crippen LogP contribution is 2.45. The molecule has 4 heteroatoms. The summed E-state index contributed by atoms with van der Waals surface area (Å²) in [5, 5.41) is 1.92. The molecule has 0 atom stereocenters. The van der Waals surface area contributed by atoms with Crippen molar-refractivity contribution in [2.75, 3.05) is 21.3 Å². The molecule has 1 aromatic carbocycles. The monoisotopic (exact) mass is 247 g/mol. The molecule has 0 spiro atoms. The topological polar surface area (TPSA) is 40.6 Å². The highest BCUT2D eigenvalue weighted by molar-refractivity contribution is 5.98. The molecule has 1 aromatic heterocycles. The molecular formula is C14H17NO3. The molecule has 0 fully saturated rings. The van der Waals surface area contributed by atoms with Crippen LogP contribution >= 0.6 is 0 Å². The van der Waals surface area contributed by atoms with Crippen LogP contribution in [0.25, 0.3) is 10.8 Å². The first-order chi connectivity index (χ1) is 8.65. The first-order valence-electron chi connectivity index (χ1n) is 5.69. The number of methoxy groups -OCH3 is 3. The summed E-state index contributed by atoms with van der Waals surface area (Å²) in [5.41, 5.74) is 1.82. The van der Waals surface area contributed by atoms with E-state index in [1.54, 1.807) is 27.5 Å². The predicted molar refractivity (Wildman–Crippen MR) is 70.9 cm³/mol. The quantitative estimate of drug-likeness (QED) is 0.836. The summed E-state index contributed by atoms with van der Waals surface area (Å²) < 4.78 is 16.4. The number of ether oxygens (including phenoxy) is 3. The van der Waals surface area contributed by atoms with E-state index in [2.05, 4.69) is 4.98 Å². The Balaban J connectivity index is 3.01. The van der Waals surface area contributed by atoms with Crippen LogP contribution in [0.5, 0.6) is 17.2 Å². The van der Waals surface area contributed by atoms with E-state index in [9.17, 15) is 0 Å². The number of benzene rings is 1. The van der Waals surface area contributed by atoms with Gasteiger partial charge >= 0.3 is 0 Å². The Morgan fingerprint density at radius 3 is 2.06 bits per heavy atom. The summed E-state index contributed by atoms with van der Waals surface area (Å²) in [7, 11) is 4.92. The van der Waals surface area contributed by atoms with E-state index < -0.39 is 0 Å². The van der Waals surface area contributed by atoms with Crippen molar-refractivity contribution in [1.82, 2.24) is 4.98 Å². The standard InChI is InChI=1S/C14H17NO3/c1-8-12(16-3)10-6-7-15-9(2)11(10)14(18-5)13(8)17-4/h6-7H,1-5H3. The first-order valence-corrected chi connectivity index (χ1v) is 5.69. The third kappa shape index (κ3) is 1.65. The van der Waals surface area contributed by atoms with E-state index >= 15 is 0 Å². The van der Waals surface area contributed by atoms with Gasteiger partial charge in [0.15, 0.2) is 11.5 Å². The third-order valence-electron chi connectivity index (χ3n) is 3.11. The predicted octanol–water partition coefficient (Wildman–Crippen LogP) is 2.88. The van der Waals surface area contributed by atoms with E-state index in [4.69, 9.17) is 14.2 Å². The Bertz CT molecular complexity index is 593. The van der Waals surface area contributed by atoms with Gasteiger partial charge in [-0.05, 0) is 19.9 Å². The third-order valence-corrected chi connectivity index (χ3v) is 3.11. The van der Waals surface area contributed by atoms with Crippen molar-refractivity contribution in [2.24, 2.45) is 0 Å². The summed E-state index contributed by atoms with van der Waals surface area (Å²) in [6.45, 7) is 3.90. The molecule has 0 aliphatic heterocycles. The van der Waals surface area contributed by atoms with Gasteiger partial charge in [-0.2, -0.15) is 0 Å². The molecule has 0 amide bonds. The first kappa shape index (κ1) is 12.5. The maximum atomic E-state index is 5.49. The molecule has 0 bridgehead atoms. The minimum Gasteiger partial charge on any atom is -0.496 e. The average molecular weight is 247 g/mol. The molecule has 0 aliphatic rings. The van der Waals surface area contributed by atoms with Gasteiger partial charge in [0.2, 0.25) is 0 Å². The van der Waals surface area contributed by atoms with Crippen molar-refractivity contribution < 1.29 is 14.2 Å². The molecular weight excluding hydrogens is 230 g/mol. The molecule has 2 rings (SSSR count). The van der Waals surface area contributed by atoms with E-state index in [1.165, 1.54) is 0 Å². The van der Waals surface area contributed by atoms with Gasteiger partial charge in [-0.15, -0.1) is 0 Å². The van der Waals surface area contributed by atoms with Gasteiger partial charge in [0.1, 0.15) is 5.75 Å². The van der Waals surface area contributed by atoms with Gasteiger partial charge in [0.05, 0.1) is 26.7 Å². The zero-order valence-electron chi connectivity index (χ0n) is 11.3. The lowest BCUT2D eigenvalue weighted by Crippen LogP contribution is -2.00. The van der Waals surface area contributed by atoms with Crippen molar-refractivity contribution in [1.29, 1.82) is 0 Å². The van der Waals surface area contributed by atoms with Crippen LogP contribution in [0.2, 0.25) is 0 Å². The van der Waals surface area contributed by atoms with Gasteiger partial charge < -0.3 is 14.2 Å². The Morgan fingerprint density at radius 1 is 0.889 bits per heavy atom. The highest BCUT2D eigenvalue weighted by atomic mass is 16.5. The van der Waals surface area contributed by atoms with Crippen LogP contribution in [0.1, 0.15) is 11.3 Å². The van der Waals surface area contributed by atoms with Crippen molar-refractivity contribution in [3.05, 3.63) is 23.5 Å². The number of pyridine rings is 1. The lowest BCUT2D eigenvalue weighted by atomic mass is 10.0. The normalized spacial score (nSPS) is 10.5. The van der Waals surface area contributed by atoms with Crippen LogP contribution in [0.4, 0.5) is 0 Å². The molecule has 2 aromatic rings. The summed E-state index contributed by atoms with van der Waals surface area (Å²) >= 11 is 0. The van der Waals surface area contributed by atoms with Crippen LogP contribution in [-0.2, 0) is 0 Å². The van der Waals surface area contributed by atoms with Gasteiger partial charge in [0, 0.05) is 22.8 Å². The van der Waals surface area contributed by atoms with E-state index in [0.717, 1.165) is 27.8 Å². The summed E-state index contributed by atoms with van der Waals surface area (Å²) in [6.07, 6.45) is 1.77. The Kier molecular flexibility index (Phi) is 3.28. The number of fused-ring (bicyclic) bond motifs is 1. The fourth-order valence-corrected chi connectivity index (χ4v) is 2.33. The zero-order chi connectivity index (χ0) is 13.3. The minimum atomic E-state index is 0.693. The number of hydrogen-bond acceptors (Lipinski definition) is 4. The van der Waals surface area contributed by atoms with Crippen LogP contribution in [0.15, 0.2) is 12.3 Å². The molecule has 0 N–H and O–H groups in total. The van der Waals surface area contributed by atoms with Crippen molar-refractivity contribution in [3.63, 3.8) is 0 Å². The van der Waals surface area contributed by atoms with Crippen molar-refractivity contribution >= 4 is 10.8 Å². The summed E-state index contributed by atoms with van der Waals surface area (Å²) in [5.74, 6) is 2.20. The van der Waals surface area contributed by atoms with Crippen LogP contribution in [-0.4, -0.2) is 26.3 Å². The van der Waals surface area contributed by atoms with E-state index in [0.29, 0.717) is 11.5 Å². The second-order valence-electron chi connectivity index (χ2n) is 4.04. The second-order valence-corrected chi connectivity index (χ2v) is 4.04.